The number of rotatable bonds is 0. The molecule has 1 unspecified atom stereocenters. The molecule has 0 N–H and O–H groups in total. The Kier molecular flexibility index (Phi) is 1.47. The summed E-state index contributed by atoms with van der Waals surface area (Å²) in [5.74, 6) is 0. The van der Waals surface area contributed by atoms with Gasteiger partial charge in [-0.15, -0.1) is 11.8 Å². The topological polar surface area (TPSA) is 12.4 Å². The third-order valence-corrected chi connectivity index (χ3v) is 3.02. The molecule has 2 aliphatic heterocycles. The number of hydrogen-bond donors (Lipinski definition) is 0. The van der Waals surface area contributed by atoms with Crippen molar-refractivity contribution in [1.82, 2.24) is 0 Å². The first-order chi connectivity index (χ1) is 4.88. The van der Waals surface area contributed by atoms with Gasteiger partial charge in [0, 0.05) is 6.21 Å². The maximum absolute atomic E-state index is 5.04. The van der Waals surface area contributed by atoms with Crippen LogP contribution in [0.5, 0.6) is 0 Å². The fourth-order valence-corrected chi connectivity index (χ4v) is 2.22. The molecule has 1 atom stereocenters. The molecular weight excluding hydrogens is 162 g/mol. The number of fused-ring (bicyclic) bond motifs is 1. The maximum atomic E-state index is 5.04. The first-order valence-corrected chi connectivity index (χ1v) is 4.33. The lowest BCUT2D eigenvalue weighted by atomic mass is 10.1. The first kappa shape index (κ1) is 6.31. The molecule has 0 aromatic heterocycles. The summed E-state index contributed by atoms with van der Waals surface area (Å²) in [6.45, 7) is 0. The van der Waals surface area contributed by atoms with E-state index in [0.29, 0.717) is 5.25 Å². The Hall–Kier alpha value is -0.410. The van der Waals surface area contributed by atoms with Crippen molar-refractivity contribution in [3.05, 3.63) is 23.1 Å². The largest absolute Gasteiger partial charge is 0.248 e. The Balaban J connectivity index is 2.40. The van der Waals surface area contributed by atoms with Crippen molar-refractivity contribution in [2.24, 2.45) is 4.99 Å². The Morgan fingerprint density at radius 2 is 2.50 bits per heavy atom. The molecule has 0 spiro atoms. The van der Waals surface area contributed by atoms with Gasteiger partial charge in [0.1, 0.15) is 4.99 Å². The quantitative estimate of drug-likeness (QED) is 0.511. The fourth-order valence-electron chi connectivity index (χ4n) is 0.971. The monoisotopic (exact) mass is 167 g/mol. The summed E-state index contributed by atoms with van der Waals surface area (Å²) in [5.41, 5.74) is 1.28. The summed E-state index contributed by atoms with van der Waals surface area (Å²) in [4.78, 5) is 4.84. The van der Waals surface area contributed by atoms with E-state index in [-0.39, 0.29) is 0 Å². The summed E-state index contributed by atoms with van der Waals surface area (Å²) in [6, 6.07) is 0. The number of hydrogen-bond acceptors (Lipinski definition) is 2. The molecule has 0 aliphatic carbocycles. The van der Waals surface area contributed by atoms with Gasteiger partial charge in [0.2, 0.25) is 0 Å². The molecule has 1 nitrogen and oxygen atoms in total. The molecule has 10 heavy (non-hydrogen) atoms. The normalized spacial score (nSPS) is 28.6. The van der Waals surface area contributed by atoms with Crippen LogP contribution in [0.4, 0.5) is 0 Å². The van der Waals surface area contributed by atoms with Crippen molar-refractivity contribution in [3.63, 3.8) is 0 Å². The number of thiocarbonyl (C=S) groups is 1. The summed E-state index contributed by atoms with van der Waals surface area (Å²) in [6.07, 6.45) is 5.87. The van der Waals surface area contributed by atoms with Gasteiger partial charge in [-0.1, -0.05) is 18.3 Å². The molecule has 2 heterocycles. The fraction of sp³-hybridized carbons (Fsp3) is 0.143. The van der Waals surface area contributed by atoms with Gasteiger partial charge in [0.05, 0.1) is 5.25 Å². The van der Waals surface area contributed by atoms with E-state index in [2.05, 4.69) is 16.5 Å². The molecule has 0 saturated heterocycles. The van der Waals surface area contributed by atoms with Gasteiger partial charge in [-0.2, -0.15) is 0 Å². The van der Waals surface area contributed by atoms with E-state index in [9.17, 15) is 0 Å². The van der Waals surface area contributed by atoms with Gasteiger partial charge in [0.25, 0.3) is 0 Å². The van der Waals surface area contributed by atoms with E-state index >= 15 is 0 Å². The molecule has 3 heteroatoms. The minimum atomic E-state index is 0.333. The highest BCUT2D eigenvalue weighted by molar-refractivity contribution is 8.04. The first-order valence-electron chi connectivity index (χ1n) is 2.98. The zero-order chi connectivity index (χ0) is 6.97. The van der Waals surface area contributed by atoms with Crippen molar-refractivity contribution >= 4 is 35.2 Å². The van der Waals surface area contributed by atoms with Crippen LogP contribution in [-0.4, -0.2) is 16.5 Å². The second-order valence-corrected chi connectivity index (χ2v) is 3.54. The number of dihydropyridines is 1. The second kappa shape index (κ2) is 2.32. The number of thioether (sulfide) groups is 1. The van der Waals surface area contributed by atoms with Gasteiger partial charge in [-0.3, -0.25) is 0 Å². The van der Waals surface area contributed by atoms with Crippen LogP contribution < -0.4 is 0 Å². The minimum Gasteiger partial charge on any atom is -0.248 e. The van der Waals surface area contributed by atoms with Gasteiger partial charge in [0.15, 0.2) is 0 Å². The average molecular weight is 167 g/mol. The lowest BCUT2D eigenvalue weighted by molar-refractivity contribution is 1.38. The van der Waals surface area contributed by atoms with Crippen molar-refractivity contribution in [2.45, 2.75) is 5.25 Å². The summed E-state index contributed by atoms with van der Waals surface area (Å²) < 4.78 is 0. The van der Waals surface area contributed by atoms with E-state index in [1.165, 1.54) is 5.57 Å². The summed E-state index contributed by atoms with van der Waals surface area (Å²) in [5, 5.41) is 2.40. The van der Waals surface area contributed by atoms with Crippen molar-refractivity contribution in [3.8, 4) is 0 Å². The predicted molar refractivity (Wildman–Crippen MR) is 49.7 cm³/mol. The second-order valence-electron chi connectivity index (χ2n) is 2.10. The van der Waals surface area contributed by atoms with Crippen LogP contribution in [0, 0.1) is 0 Å². The van der Waals surface area contributed by atoms with Crippen LogP contribution in [0.1, 0.15) is 0 Å². The number of aliphatic imine (C=N–C) groups is 1. The highest BCUT2D eigenvalue weighted by Crippen LogP contribution is 2.31. The van der Waals surface area contributed by atoms with E-state index in [0.717, 1.165) is 4.99 Å². The molecule has 0 bridgehead atoms. The van der Waals surface area contributed by atoms with Crippen LogP contribution in [0.2, 0.25) is 0 Å². The van der Waals surface area contributed by atoms with Crippen molar-refractivity contribution in [1.29, 1.82) is 0 Å². The summed E-state index contributed by atoms with van der Waals surface area (Å²) in [7, 11) is 0. The van der Waals surface area contributed by atoms with Gasteiger partial charge in [-0.05, 0) is 17.1 Å². The molecule has 2 aliphatic rings. The van der Waals surface area contributed by atoms with Crippen molar-refractivity contribution in [2.75, 3.05) is 0 Å². The average Bonchev–Trinajstić information content (AvgIpc) is 2.36. The lowest BCUT2D eigenvalue weighted by Crippen LogP contribution is -2.14. The molecule has 0 radical (unpaired) electrons. The third kappa shape index (κ3) is 0.859. The summed E-state index contributed by atoms with van der Waals surface area (Å²) >= 11 is 6.77. The zero-order valence-electron chi connectivity index (χ0n) is 5.15. The molecule has 0 aromatic rings. The van der Waals surface area contributed by atoms with Gasteiger partial charge < -0.3 is 0 Å². The Bertz CT molecular complexity index is 263. The van der Waals surface area contributed by atoms with Crippen LogP contribution >= 0.6 is 24.0 Å². The highest BCUT2D eigenvalue weighted by Gasteiger charge is 2.22. The predicted octanol–water partition coefficient (Wildman–Crippen LogP) is 1.95. The van der Waals surface area contributed by atoms with Crippen LogP contribution in [0.3, 0.4) is 0 Å². The van der Waals surface area contributed by atoms with Crippen molar-refractivity contribution < 1.29 is 0 Å². The maximum Gasteiger partial charge on any atom is 0.121 e. The molecule has 0 amide bonds. The van der Waals surface area contributed by atoms with Crippen LogP contribution in [0.15, 0.2) is 28.1 Å². The zero-order valence-corrected chi connectivity index (χ0v) is 6.78. The third-order valence-electron chi connectivity index (χ3n) is 1.47. The van der Waals surface area contributed by atoms with E-state index in [4.69, 9.17) is 12.2 Å². The smallest absolute Gasteiger partial charge is 0.121 e. The number of nitrogens with zero attached hydrogens (tertiary/aromatic N) is 1. The molecule has 2 rings (SSSR count). The number of allylic oxidation sites excluding steroid dienone is 2. The lowest BCUT2D eigenvalue weighted by Gasteiger charge is -2.11. The van der Waals surface area contributed by atoms with Crippen LogP contribution in [-0.2, 0) is 0 Å². The van der Waals surface area contributed by atoms with Gasteiger partial charge >= 0.3 is 0 Å². The molecule has 50 valence electrons. The highest BCUT2D eigenvalue weighted by atomic mass is 32.2. The van der Waals surface area contributed by atoms with E-state index < -0.39 is 0 Å². The molecule has 0 fully saturated rings. The van der Waals surface area contributed by atoms with E-state index in [1.807, 2.05) is 6.08 Å². The molecular formula is C7H5NS2. The SMILES string of the molecule is S=C1N=CC=C2C=CSC12. The van der Waals surface area contributed by atoms with Crippen LogP contribution in [0.25, 0.3) is 0 Å². The Morgan fingerprint density at radius 1 is 1.60 bits per heavy atom. The van der Waals surface area contributed by atoms with Gasteiger partial charge in [-0.25, -0.2) is 4.99 Å². The molecule has 0 saturated carbocycles. The van der Waals surface area contributed by atoms with E-state index in [1.54, 1.807) is 18.0 Å². The Labute approximate surface area is 68.9 Å². The Morgan fingerprint density at radius 3 is 3.30 bits per heavy atom. The minimum absolute atomic E-state index is 0.333. The standard InChI is InChI=1S/C7H5NS2/c9-7-6-5(1-3-8-7)2-4-10-6/h1-4,6H. The molecule has 0 aromatic carbocycles.